The highest BCUT2D eigenvalue weighted by Crippen LogP contribution is 2.16. The summed E-state index contributed by atoms with van der Waals surface area (Å²) in [6.07, 6.45) is 6.42. The van der Waals surface area contributed by atoms with Crippen molar-refractivity contribution in [2.75, 3.05) is 6.61 Å². The van der Waals surface area contributed by atoms with Crippen molar-refractivity contribution in [2.24, 2.45) is 0 Å². The summed E-state index contributed by atoms with van der Waals surface area (Å²) >= 11 is 0. The van der Waals surface area contributed by atoms with Crippen LogP contribution in [0.3, 0.4) is 0 Å². The molecule has 0 aromatic carbocycles. The fraction of sp³-hybridized carbons (Fsp3) is 0.231. The molecule has 0 saturated carbocycles. The molecule has 5 heteroatoms. The Kier molecular flexibility index (Phi) is 4.48. The van der Waals surface area contributed by atoms with Crippen LogP contribution in [0.25, 0.3) is 0 Å². The molecule has 0 atom stereocenters. The number of esters is 1. The first kappa shape index (κ1) is 13.8. The van der Waals surface area contributed by atoms with Gasteiger partial charge in [-0.05, 0) is 26.0 Å². The molecular weight excluding hydrogens is 234 g/mol. The number of aliphatic hydroxyl groups excluding tert-OH is 1. The first-order chi connectivity index (χ1) is 8.49. The number of hydrogen-bond donors (Lipinski definition) is 1. The number of carbonyl (C=O) groups is 2. The van der Waals surface area contributed by atoms with E-state index in [1.807, 2.05) is 0 Å². The SMILES string of the molecule is C=C1C=CC=CN1C(=O)/C(C(=O)OCC)=C(\C)O. The maximum atomic E-state index is 12.1. The fourth-order valence-corrected chi connectivity index (χ4v) is 1.39. The molecule has 0 bridgehead atoms. The number of rotatable bonds is 3. The van der Waals surface area contributed by atoms with E-state index in [1.54, 1.807) is 25.2 Å². The lowest BCUT2D eigenvalue weighted by Gasteiger charge is -2.21. The van der Waals surface area contributed by atoms with Crippen LogP contribution in [0.2, 0.25) is 0 Å². The maximum Gasteiger partial charge on any atom is 0.347 e. The average molecular weight is 249 g/mol. The van der Waals surface area contributed by atoms with Gasteiger partial charge in [0.1, 0.15) is 5.76 Å². The summed E-state index contributed by atoms with van der Waals surface area (Å²) < 4.78 is 4.74. The van der Waals surface area contributed by atoms with E-state index in [2.05, 4.69) is 6.58 Å². The Labute approximate surface area is 105 Å². The molecule has 18 heavy (non-hydrogen) atoms. The number of ether oxygens (including phenoxy) is 1. The van der Waals surface area contributed by atoms with Crippen molar-refractivity contribution in [3.05, 3.63) is 48.0 Å². The minimum absolute atomic E-state index is 0.125. The molecule has 5 nitrogen and oxygen atoms in total. The number of carbonyl (C=O) groups excluding carboxylic acids is 2. The zero-order valence-electron chi connectivity index (χ0n) is 10.3. The molecule has 1 aliphatic rings. The van der Waals surface area contributed by atoms with Crippen LogP contribution in [0.4, 0.5) is 0 Å². The van der Waals surface area contributed by atoms with Gasteiger partial charge in [-0.3, -0.25) is 9.69 Å². The van der Waals surface area contributed by atoms with Crippen molar-refractivity contribution in [1.29, 1.82) is 0 Å². The van der Waals surface area contributed by atoms with Gasteiger partial charge < -0.3 is 9.84 Å². The van der Waals surface area contributed by atoms with Crippen LogP contribution in [0.15, 0.2) is 48.0 Å². The van der Waals surface area contributed by atoms with Crippen molar-refractivity contribution >= 4 is 11.9 Å². The average Bonchev–Trinajstić information content (AvgIpc) is 2.29. The lowest BCUT2D eigenvalue weighted by Crippen LogP contribution is -2.31. The van der Waals surface area contributed by atoms with E-state index >= 15 is 0 Å². The third kappa shape index (κ3) is 2.88. The normalized spacial score (nSPS) is 15.4. The highest BCUT2D eigenvalue weighted by atomic mass is 16.5. The molecule has 0 aliphatic carbocycles. The van der Waals surface area contributed by atoms with Gasteiger partial charge in [-0.1, -0.05) is 12.7 Å². The minimum atomic E-state index is -0.849. The van der Waals surface area contributed by atoms with Crippen LogP contribution in [-0.2, 0) is 14.3 Å². The van der Waals surface area contributed by atoms with Crippen molar-refractivity contribution in [3.8, 4) is 0 Å². The largest absolute Gasteiger partial charge is 0.511 e. The van der Waals surface area contributed by atoms with Crippen molar-refractivity contribution in [3.63, 3.8) is 0 Å². The quantitative estimate of drug-likeness (QED) is 0.272. The van der Waals surface area contributed by atoms with E-state index in [0.29, 0.717) is 5.70 Å². The van der Waals surface area contributed by atoms with Gasteiger partial charge in [0.05, 0.1) is 6.61 Å². The van der Waals surface area contributed by atoms with Crippen LogP contribution in [0, 0.1) is 0 Å². The molecule has 1 amide bonds. The molecule has 0 saturated heterocycles. The van der Waals surface area contributed by atoms with E-state index in [-0.39, 0.29) is 12.4 Å². The summed E-state index contributed by atoms with van der Waals surface area (Å²) in [5.41, 5.74) is 0.0171. The van der Waals surface area contributed by atoms with Crippen LogP contribution >= 0.6 is 0 Å². The van der Waals surface area contributed by atoms with E-state index in [9.17, 15) is 14.7 Å². The molecule has 1 aliphatic heterocycles. The van der Waals surface area contributed by atoms with Crippen LogP contribution in [0.5, 0.6) is 0 Å². The second kappa shape index (κ2) is 5.86. The van der Waals surface area contributed by atoms with Gasteiger partial charge in [0.2, 0.25) is 0 Å². The molecule has 0 aromatic rings. The number of amides is 1. The summed E-state index contributed by atoms with van der Waals surface area (Å²) in [6.45, 7) is 6.68. The monoisotopic (exact) mass is 249 g/mol. The third-order valence-electron chi connectivity index (χ3n) is 2.22. The van der Waals surface area contributed by atoms with Gasteiger partial charge in [-0.15, -0.1) is 0 Å². The molecule has 0 unspecified atom stereocenters. The molecule has 0 fully saturated rings. The van der Waals surface area contributed by atoms with Gasteiger partial charge in [0, 0.05) is 11.9 Å². The van der Waals surface area contributed by atoms with Crippen molar-refractivity contribution in [2.45, 2.75) is 13.8 Å². The summed E-state index contributed by atoms with van der Waals surface area (Å²) in [4.78, 5) is 24.9. The van der Waals surface area contributed by atoms with Crippen LogP contribution in [-0.4, -0.2) is 28.5 Å². The summed E-state index contributed by atoms with van der Waals surface area (Å²) in [5.74, 6) is -1.90. The Morgan fingerprint density at radius 1 is 1.44 bits per heavy atom. The first-order valence-electron chi connectivity index (χ1n) is 5.43. The lowest BCUT2D eigenvalue weighted by molar-refractivity contribution is -0.141. The first-order valence-corrected chi connectivity index (χ1v) is 5.43. The highest BCUT2D eigenvalue weighted by Gasteiger charge is 2.28. The fourth-order valence-electron chi connectivity index (χ4n) is 1.39. The van der Waals surface area contributed by atoms with Gasteiger partial charge in [0.15, 0.2) is 5.57 Å². The van der Waals surface area contributed by atoms with E-state index in [1.165, 1.54) is 18.0 Å². The maximum absolute atomic E-state index is 12.1. The van der Waals surface area contributed by atoms with Gasteiger partial charge >= 0.3 is 5.97 Å². The van der Waals surface area contributed by atoms with E-state index in [4.69, 9.17) is 4.74 Å². The minimum Gasteiger partial charge on any atom is -0.511 e. The van der Waals surface area contributed by atoms with Gasteiger partial charge in [-0.25, -0.2) is 4.79 Å². The standard InChI is InChI=1S/C13H15NO4/c1-4-18-13(17)11(10(3)15)12(16)14-8-6-5-7-9(14)2/h5-8,15H,2,4H2,1,3H3/b11-10-. The predicted molar refractivity (Wildman–Crippen MR) is 66.2 cm³/mol. The van der Waals surface area contributed by atoms with Crippen LogP contribution < -0.4 is 0 Å². The molecule has 96 valence electrons. The van der Waals surface area contributed by atoms with Gasteiger partial charge in [0.25, 0.3) is 5.91 Å². The van der Waals surface area contributed by atoms with Gasteiger partial charge in [-0.2, -0.15) is 0 Å². The third-order valence-corrected chi connectivity index (χ3v) is 2.22. The Balaban J connectivity index is 3.02. The van der Waals surface area contributed by atoms with Crippen LogP contribution in [0.1, 0.15) is 13.8 Å². The lowest BCUT2D eigenvalue weighted by atomic mass is 10.1. The van der Waals surface area contributed by atoms with Crippen molar-refractivity contribution in [1.82, 2.24) is 4.90 Å². The Bertz CT molecular complexity index is 467. The second-order valence-corrected chi connectivity index (χ2v) is 3.55. The van der Waals surface area contributed by atoms with E-state index in [0.717, 1.165) is 0 Å². The molecule has 0 aromatic heterocycles. The molecular formula is C13H15NO4. The summed E-state index contributed by atoms with van der Waals surface area (Å²) in [7, 11) is 0. The summed E-state index contributed by atoms with van der Waals surface area (Å²) in [6, 6.07) is 0. The Morgan fingerprint density at radius 3 is 2.61 bits per heavy atom. The van der Waals surface area contributed by atoms with E-state index < -0.39 is 17.4 Å². The zero-order chi connectivity index (χ0) is 13.7. The molecule has 0 radical (unpaired) electrons. The molecule has 1 rings (SSSR count). The molecule has 1 N–H and O–H groups in total. The Morgan fingerprint density at radius 2 is 2.11 bits per heavy atom. The number of allylic oxidation sites excluding steroid dienone is 4. The number of nitrogens with zero attached hydrogens (tertiary/aromatic N) is 1. The second-order valence-electron chi connectivity index (χ2n) is 3.55. The highest BCUT2D eigenvalue weighted by molar-refractivity contribution is 6.17. The Hall–Kier alpha value is -2.30. The number of aliphatic hydroxyl groups is 1. The predicted octanol–water partition coefficient (Wildman–Crippen LogP) is 1.81. The number of hydrogen-bond acceptors (Lipinski definition) is 4. The topological polar surface area (TPSA) is 66.8 Å². The molecule has 0 spiro atoms. The van der Waals surface area contributed by atoms with Crippen molar-refractivity contribution < 1.29 is 19.4 Å². The molecule has 1 heterocycles. The summed E-state index contributed by atoms with van der Waals surface area (Å²) in [5, 5.41) is 9.46. The zero-order valence-corrected chi connectivity index (χ0v) is 10.3. The smallest absolute Gasteiger partial charge is 0.347 e.